The first-order chi connectivity index (χ1) is 6.79. The molecule has 0 aliphatic heterocycles. The molecular weight excluding hydrogens is 176 g/mol. The maximum absolute atomic E-state index is 5.18. The minimum Gasteiger partial charge on any atom is -0.383 e. The van der Waals surface area contributed by atoms with Crippen LogP contribution in [0.15, 0.2) is 25.3 Å². The van der Waals surface area contributed by atoms with Crippen molar-refractivity contribution in [3.05, 3.63) is 25.3 Å². The number of nitrogens with zero attached hydrogens (tertiary/aromatic N) is 1. The van der Waals surface area contributed by atoms with Crippen LogP contribution < -0.4 is 5.32 Å². The van der Waals surface area contributed by atoms with Crippen molar-refractivity contribution >= 4 is 0 Å². The summed E-state index contributed by atoms with van der Waals surface area (Å²) in [5.41, 5.74) is 0. The number of likely N-dealkylation sites (N-methyl/N-ethyl adjacent to an activating group) is 1. The Morgan fingerprint density at radius 1 is 1.36 bits per heavy atom. The third kappa shape index (κ3) is 5.17. The average molecular weight is 198 g/mol. The molecule has 1 N–H and O–H groups in total. The van der Waals surface area contributed by atoms with Crippen LogP contribution >= 0.6 is 0 Å². The summed E-state index contributed by atoms with van der Waals surface area (Å²) in [6.07, 6.45) is 3.81. The standard InChI is InChI=1S/C11H22N2O/c1-5-7-13(8-6-2)11(9-12-3)10-14-4/h5-6,11-12H,1-2,7-10H2,3-4H3. The highest BCUT2D eigenvalue weighted by Gasteiger charge is 2.14. The summed E-state index contributed by atoms with van der Waals surface area (Å²) in [6.45, 7) is 10.9. The quantitative estimate of drug-likeness (QED) is 0.557. The van der Waals surface area contributed by atoms with Gasteiger partial charge in [0.15, 0.2) is 0 Å². The SMILES string of the molecule is C=CCN(CC=C)C(CNC)COC. The molecule has 82 valence electrons. The smallest absolute Gasteiger partial charge is 0.0630 e. The molecule has 14 heavy (non-hydrogen) atoms. The molecular formula is C11H22N2O. The highest BCUT2D eigenvalue weighted by molar-refractivity contribution is 4.85. The first kappa shape index (κ1) is 13.4. The molecule has 0 radical (unpaired) electrons. The van der Waals surface area contributed by atoms with Gasteiger partial charge in [-0.1, -0.05) is 12.2 Å². The van der Waals surface area contributed by atoms with E-state index in [0.717, 1.165) is 26.2 Å². The van der Waals surface area contributed by atoms with Crippen LogP contribution in [0.4, 0.5) is 0 Å². The van der Waals surface area contributed by atoms with Gasteiger partial charge in [-0.15, -0.1) is 13.2 Å². The lowest BCUT2D eigenvalue weighted by molar-refractivity contribution is 0.105. The summed E-state index contributed by atoms with van der Waals surface area (Å²) in [5, 5.41) is 3.16. The molecule has 1 atom stereocenters. The molecule has 0 aliphatic rings. The van der Waals surface area contributed by atoms with Crippen LogP contribution in [0.2, 0.25) is 0 Å². The Bertz CT molecular complexity index is 143. The van der Waals surface area contributed by atoms with Crippen LogP contribution in [0, 0.1) is 0 Å². The number of ether oxygens (including phenoxy) is 1. The molecule has 0 saturated carbocycles. The van der Waals surface area contributed by atoms with Crippen molar-refractivity contribution in [1.29, 1.82) is 0 Å². The minimum atomic E-state index is 0.376. The molecule has 0 rings (SSSR count). The fraction of sp³-hybridized carbons (Fsp3) is 0.636. The Morgan fingerprint density at radius 3 is 2.29 bits per heavy atom. The Kier molecular flexibility index (Phi) is 8.53. The fourth-order valence-corrected chi connectivity index (χ4v) is 1.43. The lowest BCUT2D eigenvalue weighted by Crippen LogP contribution is -2.44. The molecule has 0 amide bonds. The normalized spacial score (nSPS) is 12.8. The van der Waals surface area contributed by atoms with Crippen molar-refractivity contribution in [3.8, 4) is 0 Å². The number of methoxy groups -OCH3 is 1. The van der Waals surface area contributed by atoms with E-state index in [0.29, 0.717) is 6.04 Å². The highest BCUT2D eigenvalue weighted by atomic mass is 16.5. The lowest BCUT2D eigenvalue weighted by atomic mass is 10.2. The predicted octanol–water partition coefficient (Wildman–Crippen LogP) is 0.895. The molecule has 1 unspecified atom stereocenters. The van der Waals surface area contributed by atoms with Gasteiger partial charge in [-0.2, -0.15) is 0 Å². The molecule has 0 bridgehead atoms. The van der Waals surface area contributed by atoms with Gasteiger partial charge in [0.25, 0.3) is 0 Å². The van der Waals surface area contributed by atoms with Crippen molar-refractivity contribution in [3.63, 3.8) is 0 Å². The second-order valence-electron chi connectivity index (χ2n) is 3.20. The first-order valence-electron chi connectivity index (χ1n) is 4.89. The highest BCUT2D eigenvalue weighted by Crippen LogP contribution is 2.00. The number of hydrogen-bond acceptors (Lipinski definition) is 3. The van der Waals surface area contributed by atoms with Gasteiger partial charge in [0.2, 0.25) is 0 Å². The Hall–Kier alpha value is -0.640. The molecule has 0 aromatic heterocycles. The van der Waals surface area contributed by atoms with Crippen molar-refractivity contribution < 1.29 is 4.74 Å². The van der Waals surface area contributed by atoms with Crippen LogP contribution in [0.25, 0.3) is 0 Å². The van der Waals surface area contributed by atoms with Gasteiger partial charge in [-0.3, -0.25) is 4.90 Å². The van der Waals surface area contributed by atoms with Gasteiger partial charge < -0.3 is 10.1 Å². The van der Waals surface area contributed by atoms with Crippen molar-refractivity contribution in [2.24, 2.45) is 0 Å². The zero-order chi connectivity index (χ0) is 10.8. The molecule has 0 aliphatic carbocycles. The maximum Gasteiger partial charge on any atom is 0.0630 e. The van der Waals surface area contributed by atoms with E-state index in [1.165, 1.54) is 0 Å². The van der Waals surface area contributed by atoms with Gasteiger partial charge in [0.05, 0.1) is 6.61 Å². The van der Waals surface area contributed by atoms with E-state index in [-0.39, 0.29) is 0 Å². The van der Waals surface area contributed by atoms with Crippen LogP contribution in [0.5, 0.6) is 0 Å². The molecule has 0 saturated heterocycles. The maximum atomic E-state index is 5.18. The van der Waals surface area contributed by atoms with E-state index in [4.69, 9.17) is 4.74 Å². The first-order valence-corrected chi connectivity index (χ1v) is 4.89. The monoisotopic (exact) mass is 198 g/mol. The molecule has 3 heteroatoms. The molecule has 0 aromatic carbocycles. The largest absolute Gasteiger partial charge is 0.383 e. The summed E-state index contributed by atoms with van der Waals surface area (Å²) in [7, 11) is 3.67. The summed E-state index contributed by atoms with van der Waals surface area (Å²) >= 11 is 0. The topological polar surface area (TPSA) is 24.5 Å². The van der Waals surface area contributed by atoms with Gasteiger partial charge in [0.1, 0.15) is 0 Å². The number of hydrogen-bond donors (Lipinski definition) is 1. The van der Waals surface area contributed by atoms with Crippen LogP contribution in [-0.2, 0) is 4.74 Å². The Balaban J connectivity index is 4.19. The summed E-state index contributed by atoms with van der Waals surface area (Å²) in [5.74, 6) is 0. The van der Waals surface area contributed by atoms with E-state index in [1.807, 2.05) is 19.2 Å². The van der Waals surface area contributed by atoms with Crippen molar-refractivity contribution in [2.75, 3.05) is 40.4 Å². The van der Waals surface area contributed by atoms with E-state index >= 15 is 0 Å². The van der Waals surface area contributed by atoms with Crippen LogP contribution in [0.3, 0.4) is 0 Å². The second-order valence-corrected chi connectivity index (χ2v) is 3.20. The number of rotatable bonds is 9. The third-order valence-corrected chi connectivity index (χ3v) is 2.04. The van der Waals surface area contributed by atoms with Gasteiger partial charge in [0, 0.05) is 32.8 Å². The Morgan fingerprint density at radius 2 is 1.93 bits per heavy atom. The van der Waals surface area contributed by atoms with Gasteiger partial charge in [-0.25, -0.2) is 0 Å². The summed E-state index contributed by atoms with van der Waals surface area (Å²) in [4.78, 5) is 2.28. The van der Waals surface area contributed by atoms with E-state index < -0.39 is 0 Å². The van der Waals surface area contributed by atoms with E-state index in [1.54, 1.807) is 7.11 Å². The fourth-order valence-electron chi connectivity index (χ4n) is 1.43. The van der Waals surface area contributed by atoms with Gasteiger partial charge >= 0.3 is 0 Å². The molecule has 0 spiro atoms. The molecule has 0 fully saturated rings. The molecule has 0 aromatic rings. The molecule has 0 heterocycles. The third-order valence-electron chi connectivity index (χ3n) is 2.04. The Labute approximate surface area is 87.4 Å². The average Bonchev–Trinajstić information content (AvgIpc) is 2.17. The molecule has 3 nitrogen and oxygen atoms in total. The zero-order valence-corrected chi connectivity index (χ0v) is 9.33. The summed E-state index contributed by atoms with van der Waals surface area (Å²) < 4.78 is 5.18. The summed E-state index contributed by atoms with van der Waals surface area (Å²) in [6, 6.07) is 0.376. The van der Waals surface area contributed by atoms with Crippen molar-refractivity contribution in [2.45, 2.75) is 6.04 Å². The van der Waals surface area contributed by atoms with Crippen LogP contribution in [-0.4, -0.2) is 51.3 Å². The lowest BCUT2D eigenvalue weighted by Gasteiger charge is -2.29. The predicted molar refractivity (Wildman–Crippen MR) is 61.6 cm³/mol. The number of nitrogens with one attached hydrogen (secondary N) is 1. The minimum absolute atomic E-state index is 0.376. The van der Waals surface area contributed by atoms with Crippen molar-refractivity contribution in [1.82, 2.24) is 10.2 Å². The zero-order valence-electron chi connectivity index (χ0n) is 9.33. The van der Waals surface area contributed by atoms with Gasteiger partial charge in [-0.05, 0) is 7.05 Å². The second kappa shape index (κ2) is 8.94. The van der Waals surface area contributed by atoms with E-state index in [9.17, 15) is 0 Å². The van der Waals surface area contributed by atoms with E-state index in [2.05, 4.69) is 23.4 Å². The van der Waals surface area contributed by atoms with Crippen LogP contribution in [0.1, 0.15) is 0 Å².